The molecule has 0 bridgehead atoms. The van der Waals surface area contributed by atoms with Crippen molar-refractivity contribution in [1.29, 1.82) is 0 Å². The van der Waals surface area contributed by atoms with Gasteiger partial charge in [-0.3, -0.25) is 0 Å². The number of hydrogen-bond donors (Lipinski definition) is 2. The maximum Gasteiger partial charge on any atom is 0.156 e. The third-order valence-electron chi connectivity index (χ3n) is 2.46. The molecule has 5 heteroatoms. The normalized spacial score (nSPS) is 11.8. The Labute approximate surface area is 107 Å². The lowest BCUT2D eigenvalue weighted by molar-refractivity contribution is 0.422. The zero-order valence-electron chi connectivity index (χ0n) is 11.3. The Morgan fingerprint density at radius 1 is 1.28 bits per heavy atom. The van der Waals surface area contributed by atoms with Crippen LogP contribution in [0.1, 0.15) is 32.3 Å². The topological polar surface area (TPSA) is 66.5 Å². The molecule has 0 aliphatic carbocycles. The number of hydrogen-bond acceptors (Lipinski definition) is 4. The fraction of sp³-hybridized carbons (Fsp3) is 0.462. The second kappa shape index (κ2) is 4.86. The van der Waals surface area contributed by atoms with Crippen LogP contribution in [0, 0.1) is 6.92 Å². The largest absolute Gasteiger partial charge is 0.339 e. The van der Waals surface area contributed by atoms with Crippen LogP contribution in [0.5, 0.6) is 0 Å². The van der Waals surface area contributed by atoms with E-state index in [1.54, 1.807) is 6.20 Å². The molecule has 0 unspecified atom stereocenters. The second-order valence-corrected chi connectivity index (χ2v) is 5.35. The summed E-state index contributed by atoms with van der Waals surface area (Å²) in [6, 6.07) is 1.85. The first-order chi connectivity index (χ1) is 8.44. The Morgan fingerprint density at radius 3 is 2.72 bits per heavy atom. The average molecular weight is 245 g/mol. The van der Waals surface area contributed by atoms with Crippen LogP contribution in [-0.2, 0) is 6.54 Å². The third kappa shape index (κ3) is 3.37. The molecule has 0 fully saturated rings. The third-order valence-corrected chi connectivity index (χ3v) is 2.46. The highest BCUT2D eigenvalue weighted by atomic mass is 15.0. The second-order valence-electron chi connectivity index (χ2n) is 5.35. The molecule has 0 saturated heterocycles. The number of rotatable bonds is 3. The van der Waals surface area contributed by atoms with E-state index in [2.05, 4.69) is 46.0 Å². The zero-order valence-corrected chi connectivity index (χ0v) is 11.3. The molecule has 5 nitrogen and oxygen atoms in total. The van der Waals surface area contributed by atoms with Crippen LogP contribution in [0.2, 0.25) is 0 Å². The van der Waals surface area contributed by atoms with Crippen LogP contribution in [-0.4, -0.2) is 25.5 Å². The summed E-state index contributed by atoms with van der Waals surface area (Å²) in [6.45, 7) is 9.04. The smallest absolute Gasteiger partial charge is 0.156 e. The molecule has 2 aromatic heterocycles. The number of aryl methyl sites for hydroxylation is 1. The van der Waals surface area contributed by atoms with Gasteiger partial charge in [0.1, 0.15) is 11.5 Å². The fourth-order valence-electron chi connectivity index (χ4n) is 1.53. The number of nitrogens with one attached hydrogen (secondary N) is 2. The molecular formula is C13H19N5. The van der Waals surface area contributed by atoms with E-state index < -0.39 is 0 Å². The maximum absolute atomic E-state index is 4.34. The summed E-state index contributed by atoms with van der Waals surface area (Å²) >= 11 is 0. The van der Waals surface area contributed by atoms with Crippen LogP contribution in [0.25, 0.3) is 11.5 Å². The highest BCUT2D eigenvalue weighted by Crippen LogP contribution is 2.12. The summed E-state index contributed by atoms with van der Waals surface area (Å²) < 4.78 is 0. The van der Waals surface area contributed by atoms with Crippen molar-refractivity contribution >= 4 is 0 Å². The standard InChI is InChI=1S/C13H19N5/c1-9-14-6-5-11(17-9)12-15-7-10(18-12)8-16-13(2,3)4/h5-7,16H,8H2,1-4H3,(H,15,18). The van der Waals surface area contributed by atoms with E-state index in [4.69, 9.17) is 0 Å². The fourth-order valence-corrected chi connectivity index (χ4v) is 1.53. The highest BCUT2D eigenvalue weighted by molar-refractivity contribution is 5.48. The lowest BCUT2D eigenvalue weighted by atomic mass is 10.1. The molecule has 0 atom stereocenters. The average Bonchev–Trinajstić information content (AvgIpc) is 2.74. The molecule has 0 aromatic carbocycles. The van der Waals surface area contributed by atoms with Gasteiger partial charge in [-0.2, -0.15) is 0 Å². The quantitative estimate of drug-likeness (QED) is 0.868. The predicted molar refractivity (Wildman–Crippen MR) is 70.9 cm³/mol. The Balaban J connectivity index is 2.11. The molecular weight excluding hydrogens is 226 g/mol. The minimum absolute atomic E-state index is 0.0940. The lowest BCUT2D eigenvalue weighted by Gasteiger charge is -2.19. The number of H-pyrrole nitrogens is 1. The molecule has 0 radical (unpaired) electrons. The molecule has 2 rings (SSSR count). The molecule has 2 heterocycles. The van der Waals surface area contributed by atoms with Gasteiger partial charge >= 0.3 is 0 Å². The Kier molecular flexibility index (Phi) is 3.43. The summed E-state index contributed by atoms with van der Waals surface area (Å²) in [5.74, 6) is 1.53. The lowest BCUT2D eigenvalue weighted by Crippen LogP contribution is -2.35. The van der Waals surface area contributed by atoms with Gasteiger partial charge in [-0.25, -0.2) is 15.0 Å². The summed E-state index contributed by atoms with van der Waals surface area (Å²) in [5, 5.41) is 3.41. The van der Waals surface area contributed by atoms with Gasteiger partial charge < -0.3 is 10.3 Å². The van der Waals surface area contributed by atoms with Gasteiger partial charge in [0.05, 0.1) is 6.20 Å². The molecule has 96 valence electrons. The minimum Gasteiger partial charge on any atom is -0.339 e. The van der Waals surface area contributed by atoms with Crippen molar-refractivity contribution in [3.8, 4) is 11.5 Å². The molecule has 18 heavy (non-hydrogen) atoms. The summed E-state index contributed by atoms with van der Waals surface area (Å²) in [7, 11) is 0. The van der Waals surface area contributed by atoms with Crippen LogP contribution >= 0.6 is 0 Å². The van der Waals surface area contributed by atoms with Gasteiger partial charge in [0.2, 0.25) is 0 Å². The highest BCUT2D eigenvalue weighted by Gasteiger charge is 2.10. The Morgan fingerprint density at radius 2 is 2.06 bits per heavy atom. The number of aromatic nitrogens is 4. The van der Waals surface area contributed by atoms with Crippen LogP contribution in [0.15, 0.2) is 18.5 Å². The van der Waals surface area contributed by atoms with Crippen molar-refractivity contribution in [3.63, 3.8) is 0 Å². The van der Waals surface area contributed by atoms with E-state index in [9.17, 15) is 0 Å². The first-order valence-corrected chi connectivity index (χ1v) is 6.03. The van der Waals surface area contributed by atoms with Gasteiger partial charge in [-0.05, 0) is 33.8 Å². The van der Waals surface area contributed by atoms with Crippen LogP contribution in [0.3, 0.4) is 0 Å². The van der Waals surface area contributed by atoms with Crippen molar-refractivity contribution in [2.75, 3.05) is 0 Å². The molecule has 0 aliphatic heterocycles. The Bertz CT molecular complexity index is 524. The van der Waals surface area contributed by atoms with Crippen LogP contribution < -0.4 is 5.32 Å². The predicted octanol–water partition coefficient (Wildman–Crippen LogP) is 2.06. The van der Waals surface area contributed by atoms with Gasteiger partial charge in [0.15, 0.2) is 5.82 Å². The molecule has 0 saturated carbocycles. The van der Waals surface area contributed by atoms with Gasteiger partial charge in [0.25, 0.3) is 0 Å². The van der Waals surface area contributed by atoms with Crippen molar-refractivity contribution < 1.29 is 0 Å². The van der Waals surface area contributed by atoms with E-state index in [0.29, 0.717) is 0 Å². The summed E-state index contributed by atoms with van der Waals surface area (Å²) in [6.07, 6.45) is 3.58. The van der Waals surface area contributed by atoms with Crippen molar-refractivity contribution in [1.82, 2.24) is 25.3 Å². The van der Waals surface area contributed by atoms with Crippen molar-refractivity contribution in [3.05, 3.63) is 30.0 Å². The van der Waals surface area contributed by atoms with E-state index in [-0.39, 0.29) is 5.54 Å². The summed E-state index contributed by atoms with van der Waals surface area (Å²) in [4.78, 5) is 16.0. The van der Waals surface area contributed by atoms with Gasteiger partial charge in [-0.1, -0.05) is 0 Å². The maximum atomic E-state index is 4.34. The molecule has 2 N–H and O–H groups in total. The van der Waals surface area contributed by atoms with E-state index >= 15 is 0 Å². The van der Waals surface area contributed by atoms with Gasteiger partial charge in [0, 0.05) is 24.0 Å². The van der Waals surface area contributed by atoms with Crippen molar-refractivity contribution in [2.24, 2.45) is 0 Å². The number of aromatic amines is 1. The van der Waals surface area contributed by atoms with Crippen LogP contribution in [0.4, 0.5) is 0 Å². The van der Waals surface area contributed by atoms with E-state index in [1.807, 2.05) is 19.2 Å². The van der Waals surface area contributed by atoms with E-state index in [1.165, 1.54) is 0 Å². The first kappa shape index (κ1) is 12.7. The number of imidazole rings is 1. The minimum atomic E-state index is 0.0940. The molecule has 0 spiro atoms. The Hall–Kier alpha value is -1.75. The number of nitrogens with zero attached hydrogens (tertiary/aromatic N) is 3. The van der Waals surface area contributed by atoms with E-state index in [0.717, 1.165) is 29.6 Å². The molecule has 0 amide bonds. The SMILES string of the molecule is Cc1nccc(-c2ncc(CNC(C)(C)C)[nH]2)n1. The first-order valence-electron chi connectivity index (χ1n) is 6.03. The monoisotopic (exact) mass is 245 g/mol. The zero-order chi connectivity index (χ0) is 13.2. The summed E-state index contributed by atoms with van der Waals surface area (Å²) in [5.41, 5.74) is 1.97. The van der Waals surface area contributed by atoms with Gasteiger partial charge in [-0.15, -0.1) is 0 Å². The van der Waals surface area contributed by atoms with Crippen molar-refractivity contribution in [2.45, 2.75) is 39.8 Å². The molecule has 2 aromatic rings. The molecule has 0 aliphatic rings.